The first kappa shape index (κ1) is 24.5. The molecular weight excluding hydrogens is 466 g/mol. The number of anilines is 1. The second-order valence-corrected chi connectivity index (χ2v) is 9.32. The number of para-hydroxylation sites is 1. The number of aromatic nitrogens is 1. The Morgan fingerprint density at radius 3 is 2.51 bits per heavy atom. The SMILES string of the molecule is Cc1cc(CSc2ccccc2C(=O)OCC(=O)N2CCC(C(=O)Nc3ccccc3)CC2)on1. The molecule has 0 atom stereocenters. The van der Waals surface area contributed by atoms with Crippen molar-refractivity contribution in [3.8, 4) is 0 Å². The molecule has 1 aromatic heterocycles. The molecule has 9 heteroatoms. The lowest BCUT2D eigenvalue weighted by atomic mass is 9.95. The number of piperidine rings is 1. The van der Waals surface area contributed by atoms with E-state index in [-0.39, 0.29) is 24.3 Å². The maximum absolute atomic E-state index is 12.7. The van der Waals surface area contributed by atoms with Gasteiger partial charge in [0.05, 0.1) is 17.0 Å². The van der Waals surface area contributed by atoms with Gasteiger partial charge in [-0.15, -0.1) is 11.8 Å². The van der Waals surface area contributed by atoms with Crippen molar-refractivity contribution in [3.63, 3.8) is 0 Å². The molecule has 0 radical (unpaired) electrons. The van der Waals surface area contributed by atoms with E-state index in [1.54, 1.807) is 17.0 Å². The molecule has 8 nitrogen and oxygen atoms in total. The van der Waals surface area contributed by atoms with E-state index in [2.05, 4.69) is 10.5 Å². The highest BCUT2D eigenvalue weighted by Gasteiger charge is 2.28. The summed E-state index contributed by atoms with van der Waals surface area (Å²) in [5, 5.41) is 6.79. The van der Waals surface area contributed by atoms with Crippen molar-refractivity contribution >= 4 is 35.2 Å². The van der Waals surface area contributed by atoms with Crippen LogP contribution in [0, 0.1) is 12.8 Å². The number of carbonyl (C=O) groups is 3. The van der Waals surface area contributed by atoms with Gasteiger partial charge in [0.25, 0.3) is 5.91 Å². The van der Waals surface area contributed by atoms with Crippen LogP contribution in [0.3, 0.4) is 0 Å². The van der Waals surface area contributed by atoms with Gasteiger partial charge >= 0.3 is 5.97 Å². The summed E-state index contributed by atoms with van der Waals surface area (Å²) in [6.07, 6.45) is 1.14. The first-order chi connectivity index (χ1) is 17.0. The maximum atomic E-state index is 12.7. The quantitative estimate of drug-likeness (QED) is 0.369. The lowest BCUT2D eigenvalue weighted by molar-refractivity contribution is -0.137. The summed E-state index contributed by atoms with van der Waals surface area (Å²) < 4.78 is 10.6. The van der Waals surface area contributed by atoms with E-state index in [1.807, 2.05) is 55.5 Å². The van der Waals surface area contributed by atoms with Gasteiger partial charge in [-0.1, -0.05) is 35.5 Å². The molecule has 1 aliphatic heterocycles. The molecule has 4 rings (SSSR count). The average Bonchev–Trinajstić information content (AvgIpc) is 3.31. The molecule has 2 aromatic carbocycles. The molecule has 182 valence electrons. The van der Waals surface area contributed by atoms with E-state index >= 15 is 0 Å². The van der Waals surface area contributed by atoms with Crippen molar-refractivity contribution in [3.05, 3.63) is 77.7 Å². The number of thioether (sulfide) groups is 1. The van der Waals surface area contributed by atoms with E-state index in [9.17, 15) is 14.4 Å². The third-order valence-corrected chi connectivity index (χ3v) is 6.84. The monoisotopic (exact) mass is 493 g/mol. The molecule has 2 heterocycles. The molecule has 1 fully saturated rings. The fourth-order valence-corrected chi connectivity index (χ4v) is 4.76. The summed E-state index contributed by atoms with van der Waals surface area (Å²) >= 11 is 1.44. The minimum absolute atomic E-state index is 0.0377. The maximum Gasteiger partial charge on any atom is 0.339 e. The van der Waals surface area contributed by atoms with Crippen molar-refractivity contribution in [2.75, 3.05) is 25.0 Å². The Labute approximate surface area is 208 Å². The number of rotatable bonds is 8. The predicted molar refractivity (Wildman–Crippen MR) is 132 cm³/mol. The van der Waals surface area contributed by atoms with Crippen molar-refractivity contribution in [1.29, 1.82) is 0 Å². The van der Waals surface area contributed by atoms with Gasteiger partial charge in [0.1, 0.15) is 5.76 Å². The number of amides is 2. The number of nitrogens with zero attached hydrogens (tertiary/aromatic N) is 2. The highest BCUT2D eigenvalue weighted by atomic mass is 32.2. The fourth-order valence-electron chi connectivity index (χ4n) is 3.85. The Morgan fingerprint density at radius 1 is 1.09 bits per heavy atom. The molecular formula is C26H27N3O5S. The van der Waals surface area contributed by atoms with E-state index in [1.165, 1.54) is 11.8 Å². The molecule has 1 aliphatic rings. The highest BCUT2D eigenvalue weighted by Crippen LogP contribution is 2.27. The van der Waals surface area contributed by atoms with Crippen molar-refractivity contribution in [2.45, 2.75) is 30.4 Å². The number of esters is 1. The first-order valence-corrected chi connectivity index (χ1v) is 12.4. The van der Waals surface area contributed by atoms with Gasteiger partial charge in [-0.2, -0.15) is 0 Å². The molecule has 0 aliphatic carbocycles. The molecule has 3 aromatic rings. The van der Waals surface area contributed by atoms with Crippen molar-refractivity contribution in [1.82, 2.24) is 10.1 Å². The molecule has 1 saturated heterocycles. The minimum Gasteiger partial charge on any atom is -0.452 e. The zero-order chi connectivity index (χ0) is 24.6. The Bertz CT molecular complexity index is 1170. The zero-order valence-electron chi connectivity index (χ0n) is 19.4. The van der Waals surface area contributed by atoms with Gasteiger partial charge in [0, 0.05) is 35.7 Å². The van der Waals surface area contributed by atoms with Crippen LogP contribution < -0.4 is 5.32 Å². The number of aryl methyl sites for hydroxylation is 1. The number of nitrogens with one attached hydrogen (secondary N) is 1. The summed E-state index contributed by atoms with van der Waals surface area (Å²) in [4.78, 5) is 40.2. The normalized spacial score (nSPS) is 13.9. The summed E-state index contributed by atoms with van der Waals surface area (Å²) in [7, 11) is 0. The number of benzene rings is 2. The molecule has 0 saturated carbocycles. The molecule has 0 spiro atoms. The Balaban J connectivity index is 1.24. The number of hydrogen-bond donors (Lipinski definition) is 1. The third-order valence-electron chi connectivity index (χ3n) is 5.74. The van der Waals surface area contributed by atoms with Gasteiger partial charge in [-0.25, -0.2) is 4.79 Å². The van der Waals surface area contributed by atoms with Crippen molar-refractivity contribution < 1.29 is 23.6 Å². The molecule has 2 amide bonds. The van der Waals surface area contributed by atoms with Gasteiger partial charge in [0.2, 0.25) is 5.91 Å². The fraction of sp³-hybridized carbons (Fsp3) is 0.308. The Morgan fingerprint density at radius 2 is 1.80 bits per heavy atom. The number of likely N-dealkylation sites (tertiary alicyclic amines) is 1. The van der Waals surface area contributed by atoms with Crippen LogP contribution in [0.5, 0.6) is 0 Å². The first-order valence-electron chi connectivity index (χ1n) is 11.4. The lowest BCUT2D eigenvalue weighted by Gasteiger charge is -2.31. The lowest BCUT2D eigenvalue weighted by Crippen LogP contribution is -2.43. The molecule has 35 heavy (non-hydrogen) atoms. The average molecular weight is 494 g/mol. The van der Waals surface area contributed by atoms with Crippen molar-refractivity contribution in [2.24, 2.45) is 5.92 Å². The van der Waals surface area contributed by atoms with Gasteiger partial charge in [-0.3, -0.25) is 9.59 Å². The number of ether oxygens (including phenoxy) is 1. The largest absolute Gasteiger partial charge is 0.452 e. The summed E-state index contributed by atoms with van der Waals surface area (Å²) in [5.41, 5.74) is 1.96. The standard InChI is InChI=1S/C26H27N3O5S/c1-18-15-21(34-28-18)17-35-23-10-6-5-9-22(23)26(32)33-16-24(30)29-13-11-19(12-14-29)25(31)27-20-7-3-2-4-8-20/h2-10,15,19H,11-14,16-17H2,1H3,(H,27,31). The topological polar surface area (TPSA) is 102 Å². The summed E-state index contributed by atoms with van der Waals surface area (Å²) in [6, 6.07) is 18.3. The minimum atomic E-state index is -0.549. The number of hydrogen-bond acceptors (Lipinski definition) is 7. The van der Waals surface area contributed by atoms with E-state index in [0.717, 1.165) is 16.3 Å². The highest BCUT2D eigenvalue weighted by molar-refractivity contribution is 7.98. The van der Waals surface area contributed by atoms with Gasteiger partial charge in [-0.05, 0) is 44.0 Å². The predicted octanol–water partition coefficient (Wildman–Crippen LogP) is 4.31. The van der Waals surface area contributed by atoms with Crippen LogP contribution in [-0.2, 0) is 20.1 Å². The van der Waals surface area contributed by atoms with Crippen LogP contribution in [0.4, 0.5) is 5.69 Å². The van der Waals surface area contributed by atoms with Crippen LogP contribution in [0.15, 0.2) is 70.1 Å². The molecule has 0 bridgehead atoms. The van der Waals surface area contributed by atoms with Crippen LogP contribution in [0.1, 0.15) is 34.7 Å². The van der Waals surface area contributed by atoms with Crippen LogP contribution >= 0.6 is 11.8 Å². The van der Waals surface area contributed by atoms with Gasteiger partial charge in [0.15, 0.2) is 6.61 Å². The number of carbonyl (C=O) groups excluding carboxylic acids is 3. The van der Waals surface area contributed by atoms with Crippen LogP contribution in [0.2, 0.25) is 0 Å². The van der Waals surface area contributed by atoms with Crippen LogP contribution in [-0.4, -0.2) is 47.5 Å². The van der Waals surface area contributed by atoms with E-state index in [0.29, 0.717) is 43.0 Å². The van der Waals surface area contributed by atoms with Gasteiger partial charge < -0.3 is 19.5 Å². The second kappa shape index (κ2) is 11.7. The van der Waals surface area contributed by atoms with E-state index in [4.69, 9.17) is 9.26 Å². The Kier molecular flexibility index (Phi) is 8.20. The molecule has 0 unspecified atom stereocenters. The van der Waals surface area contributed by atoms with E-state index < -0.39 is 5.97 Å². The van der Waals surface area contributed by atoms with Crippen LogP contribution in [0.25, 0.3) is 0 Å². The Hall–Kier alpha value is -3.59. The molecule has 1 N–H and O–H groups in total. The smallest absolute Gasteiger partial charge is 0.339 e. The second-order valence-electron chi connectivity index (χ2n) is 8.31. The third kappa shape index (κ3) is 6.73. The summed E-state index contributed by atoms with van der Waals surface area (Å²) in [5.74, 6) is 0.237. The zero-order valence-corrected chi connectivity index (χ0v) is 20.3. The summed E-state index contributed by atoms with van der Waals surface area (Å²) in [6.45, 7) is 2.42.